The predicted molar refractivity (Wildman–Crippen MR) is 114 cm³/mol. The van der Waals surface area contributed by atoms with Gasteiger partial charge in [-0.25, -0.2) is 9.97 Å². The summed E-state index contributed by atoms with van der Waals surface area (Å²) in [5.41, 5.74) is 10.8. The fraction of sp³-hybridized carbons (Fsp3) is 0.238. The Bertz CT molecular complexity index is 909. The van der Waals surface area contributed by atoms with Gasteiger partial charge in [0.1, 0.15) is 12.0 Å². The van der Waals surface area contributed by atoms with Crippen LogP contribution in [0.1, 0.15) is 30.9 Å². The predicted octanol–water partition coefficient (Wildman–Crippen LogP) is 5.85. The lowest BCUT2D eigenvalue weighted by Gasteiger charge is -2.13. The Labute approximate surface area is 165 Å². The van der Waals surface area contributed by atoms with Crippen molar-refractivity contribution in [2.45, 2.75) is 33.1 Å². The molecule has 0 unspecified atom stereocenters. The number of anilines is 5. The second-order valence-corrected chi connectivity index (χ2v) is 6.91. The van der Waals surface area contributed by atoms with Gasteiger partial charge in [0.25, 0.3) is 0 Å². The van der Waals surface area contributed by atoms with Crippen molar-refractivity contribution < 1.29 is 0 Å². The fourth-order valence-electron chi connectivity index (χ4n) is 2.67. The Balaban J connectivity index is 1.75. The van der Waals surface area contributed by atoms with Gasteiger partial charge in [-0.1, -0.05) is 43.1 Å². The Hall–Kier alpha value is -2.79. The summed E-state index contributed by atoms with van der Waals surface area (Å²) >= 11 is 6.19. The number of nitrogen functional groups attached to an aromatic ring is 1. The first-order valence-electron chi connectivity index (χ1n) is 9.06. The van der Waals surface area contributed by atoms with Crippen molar-refractivity contribution in [1.82, 2.24) is 9.97 Å². The number of benzene rings is 2. The van der Waals surface area contributed by atoms with Crippen LogP contribution in [0.2, 0.25) is 5.02 Å². The summed E-state index contributed by atoms with van der Waals surface area (Å²) in [6.07, 6.45) is 4.97. The molecule has 0 fully saturated rings. The monoisotopic (exact) mass is 381 g/mol. The van der Waals surface area contributed by atoms with E-state index in [9.17, 15) is 0 Å². The van der Waals surface area contributed by atoms with E-state index >= 15 is 0 Å². The highest BCUT2D eigenvalue weighted by Gasteiger charge is 2.09. The molecule has 0 bridgehead atoms. The van der Waals surface area contributed by atoms with Crippen LogP contribution in [0.5, 0.6) is 0 Å². The van der Waals surface area contributed by atoms with Crippen LogP contribution in [0, 0.1) is 6.92 Å². The van der Waals surface area contributed by atoms with Gasteiger partial charge in [0.2, 0.25) is 0 Å². The maximum atomic E-state index is 6.26. The highest BCUT2D eigenvalue weighted by molar-refractivity contribution is 6.31. The molecule has 27 heavy (non-hydrogen) atoms. The van der Waals surface area contributed by atoms with Crippen molar-refractivity contribution in [2.75, 3.05) is 16.4 Å². The van der Waals surface area contributed by atoms with Crippen molar-refractivity contribution in [3.63, 3.8) is 0 Å². The van der Waals surface area contributed by atoms with Gasteiger partial charge < -0.3 is 16.4 Å². The number of aromatic nitrogens is 2. The molecule has 1 aromatic heterocycles. The lowest BCUT2D eigenvalue weighted by Crippen LogP contribution is -2.05. The van der Waals surface area contributed by atoms with Gasteiger partial charge >= 0.3 is 0 Å². The number of nitrogens with one attached hydrogen (secondary N) is 2. The van der Waals surface area contributed by atoms with Crippen molar-refractivity contribution in [1.29, 1.82) is 0 Å². The minimum Gasteiger partial charge on any atom is -0.393 e. The summed E-state index contributed by atoms with van der Waals surface area (Å²) in [6.45, 7) is 4.16. The van der Waals surface area contributed by atoms with E-state index in [1.165, 1.54) is 24.7 Å². The zero-order valence-electron chi connectivity index (χ0n) is 15.6. The normalized spacial score (nSPS) is 10.6. The molecule has 3 aromatic rings. The maximum Gasteiger partial charge on any atom is 0.159 e. The number of rotatable bonds is 7. The second kappa shape index (κ2) is 8.73. The van der Waals surface area contributed by atoms with Gasteiger partial charge in [0.05, 0.1) is 0 Å². The number of aryl methyl sites for hydroxylation is 2. The summed E-state index contributed by atoms with van der Waals surface area (Å²) in [7, 11) is 0. The quantitative estimate of drug-likeness (QED) is 0.478. The largest absolute Gasteiger partial charge is 0.393 e. The first kappa shape index (κ1) is 19.0. The van der Waals surface area contributed by atoms with Crippen LogP contribution < -0.4 is 16.4 Å². The molecule has 0 amide bonds. The maximum absolute atomic E-state index is 6.26. The number of unbranched alkanes of at least 4 members (excludes halogenated alkanes) is 1. The van der Waals surface area contributed by atoms with Crippen molar-refractivity contribution >= 4 is 40.3 Å². The molecule has 0 saturated carbocycles. The summed E-state index contributed by atoms with van der Waals surface area (Å²) in [4.78, 5) is 8.51. The Morgan fingerprint density at radius 3 is 2.22 bits per heavy atom. The molecule has 1 heterocycles. The van der Waals surface area contributed by atoms with Crippen LogP contribution in [0.4, 0.5) is 28.7 Å². The first-order chi connectivity index (χ1) is 13.1. The lowest BCUT2D eigenvalue weighted by atomic mass is 10.1. The molecule has 3 rings (SSSR count). The summed E-state index contributed by atoms with van der Waals surface area (Å²) in [5.74, 6) is 1.10. The number of nitrogens with two attached hydrogens (primary N) is 1. The van der Waals surface area contributed by atoms with Gasteiger partial charge in [0.15, 0.2) is 11.6 Å². The molecule has 0 atom stereocenters. The third kappa shape index (κ3) is 4.89. The van der Waals surface area contributed by atoms with Crippen LogP contribution in [0.25, 0.3) is 0 Å². The fourth-order valence-corrected chi connectivity index (χ4v) is 2.86. The molecule has 0 radical (unpaired) electrons. The van der Waals surface area contributed by atoms with Crippen LogP contribution in [0.3, 0.4) is 0 Å². The summed E-state index contributed by atoms with van der Waals surface area (Å²) in [5, 5.41) is 7.15. The molecule has 0 aliphatic carbocycles. The first-order valence-corrected chi connectivity index (χ1v) is 9.44. The van der Waals surface area contributed by atoms with Crippen molar-refractivity contribution in [2.24, 2.45) is 0 Å². The Morgan fingerprint density at radius 1 is 0.963 bits per heavy atom. The third-order valence-corrected chi connectivity index (χ3v) is 4.76. The van der Waals surface area contributed by atoms with E-state index in [0.29, 0.717) is 22.3 Å². The minimum atomic E-state index is 0.448. The molecule has 0 saturated heterocycles. The smallest absolute Gasteiger partial charge is 0.159 e. The number of hydrogen-bond acceptors (Lipinski definition) is 5. The van der Waals surface area contributed by atoms with Crippen LogP contribution in [-0.2, 0) is 6.42 Å². The summed E-state index contributed by atoms with van der Waals surface area (Å²) < 4.78 is 0. The van der Waals surface area contributed by atoms with Gasteiger partial charge in [0, 0.05) is 16.4 Å². The van der Waals surface area contributed by atoms with Crippen LogP contribution >= 0.6 is 11.6 Å². The average Bonchev–Trinajstić information content (AvgIpc) is 2.67. The zero-order valence-corrected chi connectivity index (χ0v) is 16.3. The number of halogens is 1. The minimum absolute atomic E-state index is 0.448. The molecule has 2 aromatic carbocycles. The van der Waals surface area contributed by atoms with Crippen LogP contribution in [0.15, 0.2) is 48.8 Å². The van der Waals surface area contributed by atoms with E-state index in [2.05, 4.69) is 39.7 Å². The number of nitrogens with zero attached hydrogens (tertiary/aromatic N) is 2. The topological polar surface area (TPSA) is 75.9 Å². The molecule has 0 aliphatic heterocycles. The standard InChI is InChI=1S/C21H24ClN5/c1-3-4-5-15-7-10-16(11-8-15)26-20-19(23)21(25-13-24-20)27-17-9-6-14(2)18(22)12-17/h6-13H,3-5,23H2,1-2H3,(H2,24,25,26,27). The molecule has 5 nitrogen and oxygen atoms in total. The second-order valence-electron chi connectivity index (χ2n) is 6.50. The molecular formula is C21H24ClN5. The zero-order chi connectivity index (χ0) is 19.2. The van der Waals surface area contributed by atoms with E-state index in [4.69, 9.17) is 17.3 Å². The van der Waals surface area contributed by atoms with Crippen LogP contribution in [-0.4, -0.2) is 9.97 Å². The molecular weight excluding hydrogens is 358 g/mol. The van der Waals surface area contributed by atoms with Gasteiger partial charge in [-0.2, -0.15) is 0 Å². The van der Waals surface area contributed by atoms with Gasteiger partial charge in [-0.15, -0.1) is 0 Å². The van der Waals surface area contributed by atoms with E-state index in [1.807, 2.05) is 37.3 Å². The van der Waals surface area contributed by atoms with E-state index in [-0.39, 0.29) is 0 Å². The molecule has 6 heteroatoms. The van der Waals surface area contributed by atoms with Crippen molar-refractivity contribution in [3.05, 3.63) is 64.9 Å². The Morgan fingerprint density at radius 2 is 1.59 bits per heavy atom. The van der Waals surface area contributed by atoms with Gasteiger partial charge in [-0.3, -0.25) is 0 Å². The molecule has 0 aliphatic rings. The van der Waals surface area contributed by atoms with E-state index in [1.54, 1.807) is 0 Å². The molecule has 140 valence electrons. The average molecular weight is 382 g/mol. The number of hydrogen-bond donors (Lipinski definition) is 3. The summed E-state index contributed by atoms with van der Waals surface area (Å²) in [6, 6.07) is 14.1. The SMILES string of the molecule is CCCCc1ccc(Nc2ncnc(Nc3ccc(C)c(Cl)c3)c2N)cc1. The van der Waals surface area contributed by atoms with E-state index < -0.39 is 0 Å². The van der Waals surface area contributed by atoms with Gasteiger partial charge in [-0.05, 0) is 55.2 Å². The van der Waals surface area contributed by atoms with E-state index in [0.717, 1.165) is 23.4 Å². The molecule has 4 N–H and O–H groups in total. The Kier molecular flexibility index (Phi) is 6.14. The molecule has 0 spiro atoms. The highest BCUT2D eigenvalue weighted by Crippen LogP contribution is 2.29. The van der Waals surface area contributed by atoms with Crippen molar-refractivity contribution in [3.8, 4) is 0 Å². The highest BCUT2D eigenvalue weighted by atomic mass is 35.5. The third-order valence-electron chi connectivity index (χ3n) is 4.35. The lowest BCUT2D eigenvalue weighted by molar-refractivity contribution is 0.795.